The molecule has 2 atom stereocenters. The highest BCUT2D eigenvalue weighted by Gasteiger charge is 2.29. The molecule has 2 unspecified atom stereocenters. The number of rotatable bonds is 6. The molecule has 0 aliphatic carbocycles. The zero-order valence-electron chi connectivity index (χ0n) is 35.4. The van der Waals surface area contributed by atoms with Crippen molar-refractivity contribution >= 4 is 40.6 Å². The second-order valence-corrected chi connectivity index (χ2v) is 15.4. The van der Waals surface area contributed by atoms with Crippen LogP contribution in [0.4, 0.5) is 46.5 Å². The predicted octanol–water partition coefficient (Wildman–Crippen LogP) is 9.30. The van der Waals surface area contributed by atoms with Gasteiger partial charge in [0.25, 0.3) is 0 Å². The van der Waals surface area contributed by atoms with Crippen LogP contribution >= 0.6 is 11.6 Å². The highest BCUT2D eigenvalue weighted by Crippen LogP contribution is 2.38. The summed E-state index contributed by atoms with van der Waals surface area (Å²) in [5.41, 5.74) is 10.8. The topological polar surface area (TPSA) is 150 Å². The quantitative estimate of drug-likeness (QED) is 0.0930. The van der Waals surface area contributed by atoms with Gasteiger partial charge in [-0.1, -0.05) is 24.3 Å². The summed E-state index contributed by atoms with van der Waals surface area (Å²) in [6.07, 6.45) is 9.80. The standard InChI is InChI=1S/C23H20F2N6O.C13H11ClFN3O.C10H10FN3/c1-14-11-31(13-27-14)19-8-7-17(9-18(19)25)28-23-26-10-21-22(29-23)30(2)20(12-32-21)15-3-5-16(24)6-4-15;1-18-10(8-2-4-9(15)5-3-8)7-19-11-6-16-13(14)17-12(11)18;1-7-5-14(6-13-7)10-3-2-8(12)4-9(10)11/h3-11,13,20H,12H2,1-2H3,(H,26,28,29);2-6,10H,7H2,1H3;2-6H,12H2,1H3. The van der Waals surface area contributed by atoms with Crippen LogP contribution < -0.4 is 30.3 Å². The number of ether oxygens (including phenoxy) is 2. The number of likely N-dealkylation sites (N-methyl/N-ethyl adjacent to an activating group) is 2. The molecule has 19 heteroatoms. The number of nitrogen functional groups attached to an aromatic ring is 1. The van der Waals surface area contributed by atoms with Gasteiger partial charge in [0.2, 0.25) is 11.2 Å². The number of hydrogen-bond donors (Lipinski definition) is 2. The summed E-state index contributed by atoms with van der Waals surface area (Å²) in [6.45, 7) is 4.55. The summed E-state index contributed by atoms with van der Waals surface area (Å²) in [6, 6.07) is 21.9. The Morgan fingerprint density at radius 1 is 0.631 bits per heavy atom. The fraction of sp³-hybridized carbons (Fsp3) is 0.174. The van der Waals surface area contributed by atoms with Gasteiger partial charge in [-0.25, -0.2) is 37.5 Å². The lowest BCUT2D eigenvalue weighted by Crippen LogP contribution is -2.34. The van der Waals surface area contributed by atoms with Crippen LogP contribution in [-0.2, 0) is 0 Å². The van der Waals surface area contributed by atoms with Crippen molar-refractivity contribution in [2.24, 2.45) is 0 Å². The molecule has 0 spiro atoms. The number of nitrogens with zero attached hydrogens (tertiary/aromatic N) is 10. The van der Waals surface area contributed by atoms with E-state index in [0.717, 1.165) is 22.5 Å². The maximum absolute atomic E-state index is 14.7. The average Bonchev–Trinajstić information content (AvgIpc) is 3.93. The molecule has 6 heterocycles. The van der Waals surface area contributed by atoms with Gasteiger partial charge in [0.05, 0.1) is 59.9 Å². The van der Waals surface area contributed by atoms with Crippen molar-refractivity contribution in [2.75, 3.05) is 48.2 Å². The van der Waals surface area contributed by atoms with Crippen LogP contribution in [0.25, 0.3) is 11.4 Å². The van der Waals surface area contributed by atoms with E-state index >= 15 is 0 Å². The Bertz CT molecular complexity index is 2930. The zero-order chi connectivity index (χ0) is 45.8. The molecule has 0 bridgehead atoms. The first-order valence-electron chi connectivity index (χ1n) is 20.0. The molecular weight excluding hydrogens is 864 g/mol. The van der Waals surface area contributed by atoms with Crippen LogP contribution in [0.2, 0.25) is 5.28 Å². The lowest BCUT2D eigenvalue weighted by atomic mass is 10.1. The molecule has 14 nitrogen and oxygen atoms in total. The smallest absolute Gasteiger partial charge is 0.229 e. The van der Waals surface area contributed by atoms with Crippen molar-refractivity contribution in [3.05, 3.63) is 173 Å². The van der Waals surface area contributed by atoms with Crippen molar-refractivity contribution in [1.82, 2.24) is 39.0 Å². The minimum atomic E-state index is -0.401. The van der Waals surface area contributed by atoms with Gasteiger partial charge in [-0.3, -0.25) is 0 Å². The van der Waals surface area contributed by atoms with Crippen LogP contribution in [0.1, 0.15) is 34.6 Å². The first-order valence-corrected chi connectivity index (χ1v) is 20.4. The van der Waals surface area contributed by atoms with Crippen LogP contribution in [-0.4, -0.2) is 66.3 Å². The third-order valence-electron chi connectivity index (χ3n) is 10.5. The number of aryl methyl sites for hydroxylation is 2. The SMILES string of the molecule is CN1c2nc(Cl)ncc2OCC1c1ccc(F)cc1.Cc1cn(-c2ccc(N)cc2F)cn1.Cc1cn(-c2ccc(Nc3ncc4c(n3)N(C)C(c3ccc(F)cc3)CO4)cc2F)cn1. The van der Waals surface area contributed by atoms with Crippen LogP contribution in [0.15, 0.2) is 122 Å². The van der Waals surface area contributed by atoms with E-state index in [9.17, 15) is 17.6 Å². The van der Waals surface area contributed by atoms with E-state index in [2.05, 4.69) is 35.2 Å². The van der Waals surface area contributed by atoms with Crippen molar-refractivity contribution in [3.8, 4) is 22.9 Å². The Balaban J connectivity index is 0.000000147. The van der Waals surface area contributed by atoms with Crippen LogP contribution in [0.5, 0.6) is 11.5 Å². The summed E-state index contributed by atoms with van der Waals surface area (Å²) < 4.78 is 69.1. The summed E-state index contributed by atoms with van der Waals surface area (Å²) in [4.78, 5) is 29.0. The maximum atomic E-state index is 14.7. The number of benzene rings is 4. The van der Waals surface area contributed by atoms with Gasteiger partial charge in [0.15, 0.2) is 23.1 Å². The fourth-order valence-corrected chi connectivity index (χ4v) is 7.23. The van der Waals surface area contributed by atoms with E-state index in [1.807, 2.05) is 37.7 Å². The molecule has 2 aliphatic rings. The first-order chi connectivity index (χ1) is 31.3. The Kier molecular flexibility index (Phi) is 12.8. The first kappa shape index (κ1) is 43.9. The molecule has 0 radical (unpaired) electrons. The van der Waals surface area contributed by atoms with Gasteiger partial charge in [-0.2, -0.15) is 9.97 Å². The van der Waals surface area contributed by atoms with Gasteiger partial charge < -0.3 is 39.5 Å². The van der Waals surface area contributed by atoms with Crippen molar-refractivity contribution in [2.45, 2.75) is 25.9 Å². The molecule has 4 aromatic heterocycles. The molecule has 0 saturated carbocycles. The molecule has 0 saturated heterocycles. The Morgan fingerprint density at radius 3 is 1.62 bits per heavy atom. The van der Waals surface area contributed by atoms with Crippen LogP contribution in [0, 0.1) is 37.1 Å². The van der Waals surface area contributed by atoms with Gasteiger partial charge in [-0.15, -0.1) is 0 Å². The van der Waals surface area contributed by atoms with Gasteiger partial charge in [0, 0.05) is 37.9 Å². The van der Waals surface area contributed by atoms with Gasteiger partial charge in [-0.05, 0) is 97.2 Å². The van der Waals surface area contributed by atoms with Crippen molar-refractivity contribution in [3.63, 3.8) is 0 Å². The van der Waals surface area contributed by atoms with E-state index in [0.29, 0.717) is 65.0 Å². The second-order valence-electron chi connectivity index (χ2n) is 15.0. The summed E-state index contributed by atoms with van der Waals surface area (Å²) in [7, 11) is 3.80. The molecule has 10 rings (SSSR count). The van der Waals surface area contributed by atoms with E-state index in [4.69, 9.17) is 26.8 Å². The van der Waals surface area contributed by atoms with E-state index in [1.165, 1.54) is 36.4 Å². The van der Waals surface area contributed by atoms with E-state index < -0.39 is 5.82 Å². The molecule has 4 aromatic carbocycles. The second kappa shape index (κ2) is 18.9. The predicted molar refractivity (Wildman–Crippen MR) is 239 cm³/mol. The lowest BCUT2D eigenvalue weighted by Gasteiger charge is -2.35. The molecule has 3 N–H and O–H groups in total. The molecule has 2 aliphatic heterocycles. The largest absolute Gasteiger partial charge is 0.486 e. The number of aromatic nitrogens is 8. The lowest BCUT2D eigenvalue weighted by molar-refractivity contribution is 0.265. The highest BCUT2D eigenvalue weighted by molar-refractivity contribution is 6.28. The molecule has 0 fully saturated rings. The Morgan fingerprint density at radius 2 is 1.12 bits per heavy atom. The summed E-state index contributed by atoms with van der Waals surface area (Å²) >= 11 is 5.80. The minimum absolute atomic E-state index is 0.0286. The fourth-order valence-electron chi connectivity index (χ4n) is 7.10. The molecule has 65 heavy (non-hydrogen) atoms. The normalized spacial score (nSPS) is 15.0. The Hall–Kier alpha value is -7.73. The van der Waals surface area contributed by atoms with Gasteiger partial charge in [0.1, 0.15) is 36.5 Å². The third-order valence-corrected chi connectivity index (χ3v) is 10.7. The number of nitrogens with one attached hydrogen (secondary N) is 1. The summed E-state index contributed by atoms with van der Waals surface area (Å²) in [5.74, 6) is 1.40. The maximum Gasteiger partial charge on any atom is 0.229 e. The zero-order valence-corrected chi connectivity index (χ0v) is 36.1. The number of hydrogen-bond acceptors (Lipinski definition) is 12. The van der Waals surface area contributed by atoms with Crippen molar-refractivity contribution in [1.29, 1.82) is 0 Å². The monoisotopic (exact) mass is 904 g/mol. The van der Waals surface area contributed by atoms with Gasteiger partial charge >= 0.3 is 0 Å². The number of fused-ring (bicyclic) bond motifs is 2. The highest BCUT2D eigenvalue weighted by atomic mass is 35.5. The molecular formula is C46H41ClF4N12O2. The number of halogens is 5. The van der Waals surface area contributed by atoms with E-state index in [1.54, 1.807) is 95.1 Å². The molecule has 332 valence electrons. The van der Waals surface area contributed by atoms with Crippen LogP contribution in [0.3, 0.4) is 0 Å². The Labute approximate surface area is 376 Å². The molecule has 0 amide bonds. The molecule has 8 aromatic rings. The van der Waals surface area contributed by atoms with E-state index in [-0.39, 0.29) is 34.8 Å². The number of imidazole rings is 2. The summed E-state index contributed by atoms with van der Waals surface area (Å²) in [5, 5.41) is 3.22. The van der Waals surface area contributed by atoms with Crippen molar-refractivity contribution < 1.29 is 27.0 Å². The minimum Gasteiger partial charge on any atom is -0.486 e. The third kappa shape index (κ3) is 10.1. The average molecular weight is 905 g/mol. The number of nitrogens with two attached hydrogens (primary N) is 1. The number of anilines is 5.